The van der Waals surface area contributed by atoms with Crippen molar-refractivity contribution in [3.8, 4) is 5.75 Å². The van der Waals surface area contributed by atoms with Gasteiger partial charge in [-0.15, -0.1) is 0 Å². The lowest BCUT2D eigenvalue weighted by atomic mass is 9.92. The summed E-state index contributed by atoms with van der Waals surface area (Å²) >= 11 is 6.56. The lowest BCUT2D eigenvalue weighted by Crippen LogP contribution is -2.49. The molecule has 1 aliphatic heterocycles. The predicted molar refractivity (Wildman–Crippen MR) is 137 cm³/mol. The summed E-state index contributed by atoms with van der Waals surface area (Å²) in [5.74, 6) is 0.857. The standard InChI is InChI=1S/C29H33ClO5/c1-3-33-24-12-9-20(10-13-24)15-23-16-22(11-14-25(23)30)26-17-27(29(32-2)28(18-31)35-26)34-19-21-7-5-4-6-8-21/h4-14,16,26-29,31H,3,15,17-19H2,1-2H3. The first-order valence-corrected chi connectivity index (χ1v) is 12.4. The largest absolute Gasteiger partial charge is 0.494 e. The van der Waals surface area contributed by atoms with Crippen LogP contribution in [-0.2, 0) is 27.2 Å². The van der Waals surface area contributed by atoms with Crippen molar-refractivity contribution in [2.45, 2.75) is 50.8 Å². The molecule has 5 nitrogen and oxygen atoms in total. The molecule has 186 valence electrons. The van der Waals surface area contributed by atoms with Crippen LogP contribution in [0.5, 0.6) is 5.75 Å². The summed E-state index contributed by atoms with van der Waals surface area (Å²) in [4.78, 5) is 0. The molecule has 35 heavy (non-hydrogen) atoms. The molecule has 0 aliphatic carbocycles. The van der Waals surface area contributed by atoms with Crippen LogP contribution >= 0.6 is 11.6 Å². The molecule has 4 atom stereocenters. The van der Waals surface area contributed by atoms with Crippen LogP contribution in [0.4, 0.5) is 0 Å². The highest BCUT2D eigenvalue weighted by molar-refractivity contribution is 6.31. The number of ether oxygens (including phenoxy) is 4. The number of halogens is 1. The highest BCUT2D eigenvalue weighted by Crippen LogP contribution is 2.36. The fourth-order valence-corrected chi connectivity index (χ4v) is 4.74. The Balaban J connectivity index is 1.51. The quantitative estimate of drug-likeness (QED) is 0.387. The summed E-state index contributed by atoms with van der Waals surface area (Å²) < 4.78 is 23.8. The Morgan fingerprint density at radius 3 is 2.46 bits per heavy atom. The number of hydrogen-bond donors (Lipinski definition) is 1. The summed E-state index contributed by atoms with van der Waals surface area (Å²) in [6, 6.07) is 24.1. The lowest BCUT2D eigenvalue weighted by molar-refractivity contribution is -0.206. The zero-order valence-electron chi connectivity index (χ0n) is 20.2. The van der Waals surface area contributed by atoms with Crippen LogP contribution in [-0.4, -0.2) is 43.7 Å². The Kier molecular flexibility index (Phi) is 9.18. The van der Waals surface area contributed by atoms with Crippen molar-refractivity contribution in [2.24, 2.45) is 0 Å². The molecule has 1 heterocycles. The van der Waals surface area contributed by atoms with E-state index in [-0.39, 0.29) is 24.9 Å². The van der Waals surface area contributed by atoms with Gasteiger partial charge in [0.1, 0.15) is 18.0 Å². The minimum atomic E-state index is -0.482. The van der Waals surface area contributed by atoms with E-state index in [9.17, 15) is 5.11 Å². The van der Waals surface area contributed by atoms with Crippen molar-refractivity contribution in [2.75, 3.05) is 20.3 Å². The molecular formula is C29H33ClO5. The normalized spacial score (nSPS) is 22.2. The van der Waals surface area contributed by atoms with Gasteiger partial charge in [0.25, 0.3) is 0 Å². The van der Waals surface area contributed by atoms with Gasteiger partial charge in [-0.05, 0) is 53.8 Å². The van der Waals surface area contributed by atoms with Gasteiger partial charge >= 0.3 is 0 Å². The first-order chi connectivity index (χ1) is 17.1. The summed E-state index contributed by atoms with van der Waals surface area (Å²) in [5, 5.41) is 10.7. The molecule has 6 heteroatoms. The topological polar surface area (TPSA) is 57.2 Å². The molecule has 0 radical (unpaired) electrons. The zero-order chi connectivity index (χ0) is 24.6. The molecule has 3 aromatic carbocycles. The average molecular weight is 497 g/mol. The van der Waals surface area contributed by atoms with Gasteiger partial charge in [0.15, 0.2) is 0 Å². The van der Waals surface area contributed by atoms with E-state index in [1.54, 1.807) is 7.11 Å². The Hall–Kier alpha value is -2.41. The summed E-state index contributed by atoms with van der Waals surface area (Å²) in [7, 11) is 1.63. The number of hydrogen-bond acceptors (Lipinski definition) is 5. The smallest absolute Gasteiger partial charge is 0.119 e. The number of methoxy groups -OCH3 is 1. The molecule has 4 rings (SSSR count). The van der Waals surface area contributed by atoms with Crippen LogP contribution in [0, 0.1) is 0 Å². The third-order valence-corrected chi connectivity index (χ3v) is 6.72. The molecular weight excluding hydrogens is 464 g/mol. The number of aliphatic hydroxyl groups excluding tert-OH is 1. The van der Waals surface area contributed by atoms with Gasteiger partial charge in [0.2, 0.25) is 0 Å². The summed E-state index contributed by atoms with van der Waals surface area (Å²) in [6.07, 6.45) is 0.0212. The van der Waals surface area contributed by atoms with Crippen molar-refractivity contribution in [3.63, 3.8) is 0 Å². The van der Waals surface area contributed by atoms with E-state index in [0.717, 1.165) is 28.0 Å². The van der Waals surface area contributed by atoms with Gasteiger partial charge in [-0.2, -0.15) is 0 Å². The SMILES string of the molecule is CCOc1ccc(Cc2cc(C3CC(OCc4ccccc4)C(OC)C(CO)O3)ccc2Cl)cc1. The van der Waals surface area contributed by atoms with Gasteiger partial charge in [-0.3, -0.25) is 0 Å². The maximum atomic E-state index is 10.0. The molecule has 3 aromatic rings. The molecule has 0 bridgehead atoms. The van der Waals surface area contributed by atoms with Gasteiger partial charge in [-0.1, -0.05) is 66.2 Å². The summed E-state index contributed by atoms with van der Waals surface area (Å²) in [6.45, 7) is 2.94. The van der Waals surface area contributed by atoms with E-state index in [1.165, 1.54) is 0 Å². The molecule has 1 saturated heterocycles. The molecule has 0 aromatic heterocycles. The first kappa shape index (κ1) is 25.7. The highest BCUT2D eigenvalue weighted by atomic mass is 35.5. The van der Waals surface area contributed by atoms with Crippen LogP contribution in [0.15, 0.2) is 72.8 Å². The Labute approximate surface area is 212 Å². The minimum Gasteiger partial charge on any atom is -0.494 e. The van der Waals surface area contributed by atoms with E-state index in [2.05, 4.69) is 18.2 Å². The summed E-state index contributed by atoms with van der Waals surface area (Å²) in [5.41, 5.74) is 4.27. The molecule has 0 spiro atoms. The second kappa shape index (κ2) is 12.5. The predicted octanol–water partition coefficient (Wildman–Crippen LogP) is 5.75. The molecule has 1 fully saturated rings. The fourth-order valence-electron chi connectivity index (χ4n) is 4.55. The second-order valence-electron chi connectivity index (χ2n) is 8.72. The second-order valence-corrected chi connectivity index (χ2v) is 9.13. The van der Waals surface area contributed by atoms with Gasteiger partial charge in [-0.25, -0.2) is 0 Å². The number of rotatable bonds is 10. The van der Waals surface area contributed by atoms with Crippen molar-refractivity contribution < 1.29 is 24.1 Å². The minimum absolute atomic E-state index is 0.146. The maximum absolute atomic E-state index is 10.0. The van der Waals surface area contributed by atoms with Crippen molar-refractivity contribution in [1.82, 2.24) is 0 Å². The Bertz CT molecular complexity index is 1060. The van der Waals surface area contributed by atoms with E-state index in [4.69, 9.17) is 30.5 Å². The van der Waals surface area contributed by atoms with Crippen molar-refractivity contribution in [1.29, 1.82) is 0 Å². The van der Waals surface area contributed by atoms with Gasteiger partial charge < -0.3 is 24.1 Å². The van der Waals surface area contributed by atoms with Crippen molar-refractivity contribution in [3.05, 3.63) is 100 Å². The number of benzene rings is 3. The van der Waals surface area contributed by atoms with Crippen LogP contribution in [0.1, 0.15) is 41.7 Å². The third-order valence-electron chi connectivity index (χ3n) is 6.35. The first-order valence-electron chi connectivity index (χ1n) is 12.1. The lowest BCUT2D eigenvalue weighted by Gasteiger charge is -2.40. The third kappa shape index (κ3) is 6.63. The van der Waals surface area contributed by atoms with Crippen LogP contribution in [0.2, 0.25) is 5.02 Å². The van der Waals surface area contributed by atoms with Gasteiger partial charge in [0.05, 0.1) is 32.0 Å². The Morgan fingerprint density at radius 1 is 1.00 bits per heavy atom. The maximum Gasteiger partial charge on any atom is 0.119 e. The molecule has 0 saturated carbocycles. The van der Waals surface area contributed by atoms with Gasteiger partial charge in [0, 0.05) is 18.6 Å². The number of aliphatic hydroxyl groups is 1. The average Bonchev–Trinajstić information content (AvgIpc) is 2.90. The van der Waals surface area contributed by atoms with E-state index in [1.807, 2.05) is 61.5 Å². The monoisotopic (exact) mass is 496 g/mol. The van der Waals surface area contributed by atoms with Crippen LogP contribution in [0.25, 0.3) is 0 Å². The van der Waals surface area contributed by atoms with E-state index in [0.29, 0.717) is 31.1 Å². The van der Waals surface area contributed by atoms with Crippen LogP contribution in [0.3, 0.4) is 0 Å². The molecule has 1 aliphatic rings. The van der Waals surface area contributed by atoms with E-state index < -0.39 is 6.10 Å². The molecule has 0 amide bonds. The van der Waals surface area contributed by atoms with E-state index >= 15 is 0 Å². The zero-order valence-corrected chi connectivity index (χ0v) is 21.0. The highest BCUT2D eigenvalue weighted by Gasteiger charge is 2.40. The van der Waals surface area contributed by atoms with Crippen LogP contribution < -0.4 is 4.74 Å². The Morgan fingerprint density at radius 2 is 1.77 bits per heavy atom. The fraction of sp³-hybridized carbons (Fsp3) is 0.379. The van der Waals surface area contributed by atoms with Crippen molar-refractivity contribution >= 4 is 11.6 Å². The molecule has 4 unspecified atom stereocenters. The molecule has 1 N–H and O–H groups in total.